The molecule has 2 aromatic rings. The van der Waals surface area contributed by atoms with Gasteiger partial charge in [0.1, 0.15) is 11.9 Å². The summed E-state index contributed by atoms with van der Waals surface area (Å²) >= 11 is 0. The van der Waals surface area contributed by atoms with Crippen LogP contribution in [0.4, 0.5) is 0 Å². The van der Waals surface area contributed by atoms with Crippen LogP contribution in [0.15, 0.2) is 42.7 Å². The summed E-state index contributed by atoms with van der Waals surface area (Å²) in [5, 5.41) is 4.25. The first-order chi connectivity index (χ1) is 11.7. The second-order valence-corrected chi connectivity index (χ2v) is 7.05. The lowest BCUT2D eigenvalue weighted by molar-refractivity contribution is -0.0454. The van der Waals surface area contributed by atoms with E-state index in [1.54, 1.807) is 0 Å². The number of aromatic nitrogens is 2. The fourth-order valence-corrected chi connectivity index (χ4v) is 3.85. The quantitative estimate of drug-likeness (QED) is 0.865. The number of piperidine rings is 1. The van der Waals surface area contributed by atoms with Gasteiger partial charge in [0.15, 0.2) is 0 Å². The Bertz CT molecular complexity index is 662. The molecule has 2 fully saturated rings. The second-order valence-electron chi connectivity index (χ2n) is 7.05. The Hall–Kier alpha value is -1.85. The monoisotopic (exact) mass is 327 g/mol. The summed E-state index contributed by atoms with van der Waals surface area (Å²) in [6, 6.07) is 10.1. The molecule has 1 atom stereocenters. The number of para-hydroxylation sites is 1. The lowest BCUT2D eigenvalue weighted by Gasteiger charge is -2.38. The van der Waals surface area contributed by atoms with Crippen molar-refractivity contribution in [1.29, 1.82) is 0 Å². The van der Waals surface area contributed by atoms with Gasteiger partial charge < -0.3 is 9.47 Å². The molecule has 3 heterocycles. The third-order valence-electron chi connectivity index (χ3n) is 5.15. The molecule has 128 valence electrons. The first kappa shape index (κ1) is 15.7. The maximum Gasteiger partial charge on any atom is 0.125 e. The van der Waals surface area contributed by atoms with E-state index in [2.05, 4.69) is 16.2 Å². The van der Waals surface area contributed by atoms with Crippen molar-refractivity contribution < 1.29 is 9.47 Å². The maximum atomic E-state index is 6.20. The van der Waals surface area contributed by atoms with Gasteiger partial charge >= 0.3 is 0 Å². The van der Waals surface area contributed by atoms with E-state index >= 15 is 0 Å². The summed E-state index contributed by atoms with van der Waals surface area (Å²) < 4.78 is 14.1. The van der Waals surface area contributed by atoms with Gasteiger partial charge in [0.2, 0.25) is 0 Å². The Labute approximate surface area is 143 Å². The van der Waals surface area contributed by atoms with Gasteiger partial charge in [-0.2, -0.15) is 5.10 Å². The normalized spacial score (nSPS) is 23.6. The zero-order valence-corrected chi connectivity index (χ0v) is 14.2. The Morgan fingerprint density at radius 2 is 2.04 bits per heavy atom. The van der Waals surface area contributed by atoms with E-state index < -0.39 is 0 Å². The van der Waals surface area contributed by atoms with Crippen molar-refractivity contribution in [2.75, 3.05) is 19.7 Å². The predicted octanol–water partition coefficient (Wildman–Crippen LogP) is 2.62. The number of benzene rings is 1. The first-order valence-electron chi connectivity index (χ1n) is 8.76. The topological polar surface area (TPSA) is 39.5 Å². The molecule has 2 aliphatic heterocycles. The van der Waals surface area contributed by atoms with E-state index in [1.807, 2.05) is 48.3 Å². The standard InChI is InChI=1S/C19H25N3O2/c1-21-13-16(12-20-21)14-22-9-7-19(8-10-22)11-18(15-23-19)24-17-5-3-2-4-6-17/h2-6,12-13,18H,7-11,14-15H2,1H3/t18-/m1/s1. The minimum atomic E-state index is 0.0187. The Balaban J connectivity index is 1.29. The van der Waals surface area contributed by atoms with Gasteiger partial charge in [-0.25, -0.2) is 0 Å². The molecule has 0 saturated carbocycles. The van der Waals surface area contributed by atoms with Crippen LogP contribution in [0.2, 0.25) is 0 Å². The van der Waals surface area contributed by atoms with Crippen molar-refractivity contribution >= 4 is 0 Å². The smallest absolute Gasteiger partial charge is 0.125 e. The van der Waals surface area contributed by atoms with Crippen LogP contribution in [0, 0.1) is 0 Å². The molecule has 0 aliphatic carbocycles. The van der Waals surface area contributed by atoms with Gasteiger partial charge in [0.25, 0.3) is 0 Å². The zero-order chi connectivity index (χ0) is 16.4. The molecule has 0 radical (unpaired) electrons. The van der Waals surface area contributed by atoms with Crippen molar-refractivity contribution in [1.82, 2.24) is 14.7 Å². The third-order valence-corrected chi connectivity index (χ3v) is 5.15. The molecule has 1 spiro atoms. The number of rotatable bonds is 4. The van der Waals surface area contributed by atoms with Crippen LogP contribution in [0.3, 0.4) is 0 Å². The van der Waals surface area contributed by atoms with E-state index in [4.69, 9.17) is 9.47 Å². The first-order valence-corrected chi connectivity index (χ1v) is 8.76. The van der Waals surface area contributed by atoms with Crippen LogP contribution in [0.5, 0.6) is 5.75 Å². The third kappa shape index (κ3) is 3.47. The highest BCUT2D eigenvalue weighted by molar-refractivity contribution is 5.21. The van der Waals surface area contributed by atoms with Gasteiger partial charge in [0.05, 0.1) is 18.4 Å². The highest BCUT2D eigenvalue weighted by atomic mass is 16.6. The average Bonchev–Trinajstić information content (AvgIpc) is 3.18. The fraction of sp³-hybridized carbons (Fsp3) is 0.526. The lowest BCUT2D eigenvalue weighted by Crippen LogP contribution is -2.44. The second kappa shape index (κ2) is 6.57. The molecular formula is C19H25N3O2. The molecule has 4 rings (SSSR count). The zero-order valence-electron chi connectivity index (χ0n) is 14.2. The van der Waals surface area contributed by atoms with E-state index in [0.29, 0.717) is 6.61 Å². The largest absolute Gasteiger partial charge is 0.488 e. The number of hydrogen-bond acceptors (Lipinski definition) is 4. The van der Waals surface area contributed by atoms with Crippen molar-refractivity contribution in [3.63, 3.8) is 0 Å². The number of aryl methyl sites for hydroxylation is 1. The van der Waals surface area contributed by atoms with Gasteiger partial charge in [-0.3, -0.25) is 9.58 Å². The molecule has 2 saturated heterocycles. The van der Waals surface area contributed by atoms with Gasteiger partial charge in [0, 0.05) is 44.9 Å². The van der Waals surface area contributed by atoms with Crippen LogP contribution in [0.1, 0.15) is 24.8 Å². The molecule has 0 amide bonds. The summed E-state index contributed by atoms with van der Waals surface area (Å²) in [6.07, 6.45) is 7.41. The molecule has 5 heteroatoms. The number of hydrogen-bond donors (Lipinski definition) is 0. The summed E-state index contributed by atoms with van der Waals surface area (Å²) in [7, 11) is 1.97. The van der Waals surface area contributed by atoms with Crippen LogP contribution >= 0.6 is 0 Å². The van der Waals surface area contributed by atoms with Crippen LogP contribution in [-0.2, 0) is 18.3 Å². The van der Waals surface area contributed by atoms with E-state index in [0.717, 1.165) is 44.6 Å². The summed E-state index contributed by atoms with van der Waals surface area (Å²) in [5.41, 5.74) is 1.30. The Morgan fingerprint density at radius 3 is 2.75 bits per heavy atom. The van der Waals surface area contributed by atoms with Gasteiger partial charge in [-0.15, -0.1) is 0 Å². The lowest BCUT2D eigenvalue weighted by atomic mass is 9.88. The van der Waals surface area contributed by atoms with E-state index in [9.17, 15) is 0 Å². The van der Waals surface area contributed by atoms with Crippen molar-refractivity contribution in [2.24, 2.45) is 7.05 Å². The Morgan fingerprint density at radius 1 is 1.25 bits per heavy atom. The average molecular weight is 327 g/mol. The highest BCUT2D eigenvalue weighted by Gasteiger charge is 2.43. The van der Waals surface area contributed by atoms with E-state index in [-0.39, 0.29) is 11.7 Å². The molecule has 2 aliphatic rings. The minimum Gasteiger partial charge on any atom is -0.488 e. The Kier molecular flexibility index (Phi) is 4.29. The molecular weight excluding hydrogens is 302 g/mol. The molecule has 0 N–H and O–H groups in total. The van der Waals surface area contributed by atoms with Crippen LogP contribution in [-0.4, -0.2) is 46.1 Å². The maximum absolute atomic E-state index is 6.20. The molecule has 1 aromatic carbocycles. The highest BCUT2D eigenvalue weighted by Crippen LogP contribution is 2.37. The summed E-state index contributed by atoms with van der Waals surface area (Å²) in [5.74, 6) is 0.942. The number of ether oxygens (including phenoxy) is 2. The number of likely N-dealkylation sites (tertiary alicyclic amines) is 1. The molecule has 24 heavy (non-hydrogen) atoms. The SMILES string of the molecule is Cn1cc(CN2CCC3(CC2)C[C@@H](Oc2ccccc2)CO3)cn1. The molecule has 0 unspecified atom stereocenters. The molecule has 1 aromatic heterocycles. The van der Waals surface area contributed by atoms with Crippen molar-refractivity contribution in [3.8, 4) is 5.75 Å². The van der Waals surface area contributed by atoms with Crippen LogP contribution < -0.4 is 4.74 Å². The summed E-state index contributed by atoms with van der Waals surface area (Å²) in [6.45, 7) is 3.84. The summed E-state index contributed by atoms with van der Waals surface area (Å²) in [4.78, 5) is 2.50. The van der Waals surface area contributed by atoms with E-state index in [1.165, 1.54) is 5.56 Å². The van der Waals surface area contributed by atoms with Crippen molar-refractivity contribution in [2.45, 2.75) is 37.5 Å². The van der Waals surface area contributed by atoms with Gasteiger partial charge in [-0.05, 0) is 25.0 Å². The molecule has 0 bridgehead atoms. The predicted molar refractivity (Wildman–Crippen MR) is 91.9 cm³/mol. The molecule has 5 nitrogen and oxygen atoms in total. The minimum absolute atomic E-state index is 0.0187. The number of nitrogens with zero attached hydrogens (tertiary/aromatic N) is 3. The van der Waals surface area contributed by atoms with Gasteiger partial charge in [-0.1, -0.05) is 18.2 Å². The fourth-order valence-electron chi connectivity index (χ4n) is 3.85. The van der Waals surface area contributed by atoms with Crippen LogP contribution in [0.25, 0.3) is 0 Å². The van der Waals surface area contributed by atoms with Crippen molar-refractivity contribution in [3.05, 3.63) is 48.3 Å².